The Hall–Kier alpha value is -1.53. The van der Waals surface area contributed by atoms with Gasteiger partial charge >= 0.3 is 0 Å². The van der Waals surface area contributed by atoms with Gasteiger partial charge in [0.25, 0.3) is 0 Å². The van der Waals surface area contributed by atoms with E-state index in [1.807, 2.05) is 18.4 Å². The normalized spacial score (nSPS) is 19.3. The molecule has 1 saturated heterocycles. The average molecular weight is 275 g/mol. The Morgan fingerprint density at radius 2 is 2.32 bits per heavy atom. The van der Waals surface area contributed by atoms with Gasteiger partial charge in [0.15, 0.2) is 5.13 Å². The van der Waals surface area contributed by atoms with Crippen LogP contribution in [0.4, 0.5) is 10.9 Å². The first-order chi connectivity index (χ1) is 9.31. The van der Waals surface area contributed by atoms with Gasteiger partial charge in [0.05, 0.1) is 5.69 Å². The summed E-state index contributed by atoms with van der Waals surface area (Å²) in [4.78, 5) is 13.2. The molecule has 1 aliphatic heterocycles. The zero-order valence-electron chi connectivity index (χ0n) is 10.9. The molecule has 0 amide bonds. The van der Waals surface area contributed by atoms with Crippen LogP contribution in [0.3, 0.4) is 0 Å². The van der Waals surface area contributed by atoms with Crippen molar-refractivity contribution in [1.82, 2.24) is 20.3 Å². The topological polar surface area (TPSA) is 62.7 Å². The molecule has 2 aromatic rings. The molecule has 5 nitrogen and oxygen atoms in total. The minimum atomic E-state index is 0.354. The molecule has 0 spiro atoms. The van der Waals surface area contributed by atoms with Crippen molar-refractivity contribution in [2.24, 2.45) is 0 Å². The maximum Gasteiger partial charge on any atom is 0.188 e. The summed E-state index contributed by atoms with van der Waals surface area (Å²) in [6, 6.07) is 2.38. The van der Waals surface area contributed by atoms with E-state index in [2.05, 4.69) is 25.6 Å². The number of anilines is 2. The van der Waals surface area contributed by atoms with Crippen LogP contribution in [0.5, 0.6) is 0 Å². The summed E-state index contributed by atoms with van der Waals surface area (Å²) in [5.74, 6) is 1.62. The van der Waals surface area contributed by atoms with Crippen molar-refractivity contribution in [3.8, 4) is 0 Å². The van der Waals surface area contributed by atoms with E-state index in [1.165, 1.54) is 12.8 Å². The van der Waals surface area contributed by atoms with E-state index in [0.717, 1.165) is 35.4 Å². The summed E-state index contributed by atoms with van der Waals surface area (Å²) in [5, 5.41) is 9.56. The van der Waals surface area contributed by atoms with Crippen LogP contribution in [0.25, 0.3) is 0 Å². The van der Waals surface area contributed by atoms with Crippen LogP contribution in [0.15, 0.2) is 17.6 Å². The quantitative estimate of drug-likeness (QED) is 0.902. The molecule has 100 valence electrons. The molecule has 1 aliphatic rings. The molecular weight excluding hydrogens is 258 g/mol. The predicted molar refractivity (Wildman–Crippen MR) is 76.8 cm³/mol. The number of nitrogens with zero attached hydrogens (tertiary/aromatic N) is 3. The summed E-state index contributed by atoms with van der Waals surface area (Å²) in [6.07, 6.45) is 5.44. The molecule has 1 atom stereocenters. The van der Waals surface area contributed by atoms with Gasteiger partial charge in [0, 0.05) is 23.7 Å². The van der Waals surface area contributed by atoms with Crippen LogP contribution >= 0.6 is 11.3 Å². The lowest BCUT2D eigenvalue weighted by Gasteiger charge is -2.23. The van der Waals surface area contributed by atoms with Crippen LogP contribution in [0.1, 0.15) is 36.8 Å². The molecule has 0 bridgehead atoms. The van der Waals surface area contributed by atoms with Crippen LogP contribution in [-0.4, -0.2) is 21.5 Å². The first-order valence-electron chi connectivity index (χ1n) is 6.57. The molecule has 6 heteroatoms. The molecule has 0 saturated carbocycles. The molecule has 0 radical (unpaired) electrons. The zero-order valence-corrected chi connectivity index (χ0v) is 11.7. The van der Waals surface area contributed by atoms with Gasteiger partial charge in [-0.2, -0.15) is 0 Å². The molecule has 3 rings (SSSR count). The summed E-state index contributed by atoms with van der Waals surface area (Å²) >= 11 is 1.57. The minimum Gasteiger partial charge on any atom is -0.316 e. The van der Waals surface area contributed by atoms with Crippen molar-refractivity contribution >= 4 is 22.3 Å². The van der Waals surface area contributed by atoms with E-state index in [0.29, 0.717) is 6.04 Å². The molecular formula is C13H17N5S. The molecule has 0 unspecified atom stereocenters. The van der Waals surface area contributed by atoms with Crippen LogP contribution in [-0.2, 0) is 0 Å². The predicted octanol–water partition coefficient (Wildman–Crippen LogP) is 2.80. The van der Waals surface area contributed by atoms with Gasteiger partial charge in [0.1, 0.15) is 11.6 Å². The third-order valence-corrected chi connectivity index (χ3v) is 3.88. The van der Waals surface area contributed by atoms with E-state index >= 15 is 0 Å². The van der Waals surface area contributed by atoms with E-state index in [9.17, 15) is 0 Å². The highest BCUT2D eigenvalue weighted by Crippen LogP contribution is 2.24. The monoisotopic (exact) mass is 275 g/mol. The minimum absolute atomic E-state index is 0.354. The Morgan fingerprint density at radius 3 is 3.05 bits per heavy atom. The Morgan fingerprint density at radius 1 is 1.37 bits per heavy atom. The van der Waals surface area contributed by atoms with Gasteiger partial charge < -0.3 is 10.6 Å². The van der Waals surface area contributed by atoms with Crippen molar-refractivity contribution < 1.29 is 0 Å². The molecule has 0 aliphatic carbocycles. The van der Waals surface area contributed by atoms with Gasteiger partial charge in [-0.25, -0.2) is 15.0 Å². The highest BCUT2D eigenvalue weighted by Gasteiger charge is 2.17. The van der Waals surface area contributed by atoms with Crippen LogP contribution < -0.4 is 10.6 Å². The van der Waals surface area contributed by atoms with E-state index in [1.54, 1.807) is 17.5 Å². The van der Waals surface area contributed by atoms with Gasteiger partial charge in [0.2, 0.25) is 0 Å². The number of hydrogen-bond donors (Lipinski definition) is 2. The zero-order chi connectivity index (χ0) is 13.1. The van der Waals surface area contributed by atoms with E-state index < -0.39 is 0 Å². The number of nitrogens with one attached hydrogen (secondary N) is 2. The van der Waals surface area contributed by atoms with Crippen molar-refractivity contribution in [2.75, 3.05) is 11.9 Å². The SMILES string of the molecule is Cc1nc(Nc2nccs2)cc([C@H]2CCCCN2)n1. The summed E-state index contributed by atoms with van der Waals surface area (Å²) in [7, 11) is 0. The molecule has 2 aromatic heterocycles. The molecule has 19 heavy (non-hydrogen) atoms. The largest absolute Gasteiger partial charge is 0.316 e. The number of aryl methyl sites for hydroxylation is 1. The highest BCUT2D eigenvalue weighted by molar-refractivity contribution is 7.13. The lowest BCUT2D eigenvalue weighted by molar-refractivity contribution is 0.404. The standard InChI is InChI=1S/C13H17N5S/c1-9-16-11(10-4-2-3-5-14-10)8-12(17-9)18-13-15-6-7-19-13/h6-8,10,14H,2-5H2,1H3,(H,15,16,17,18)/t10-/m1/s1. The fourth-order valence-electron chi connectivity index (χ4n) is 2.33. The Balaban J connectivity index is 1.82. The van der Waals surface area contributed by atoms with Crippen molar-refractivity contribution in [3.63, 3.8) is 0 Å². The Labute approximate surface area is 116 Å². The second-order valence-corrected chi connectivity index (χ2v) is 5.58. The van der Waals surface area contributed by atoms with Crippen molar-refractivity contribution in [2.45, 2.75) is 32.2 Å². The molecule has 1 fully saturated rings. The fraction of sp³-hybridized carbons (Fsp3) is 0.462. The first kappa shape index (κ1) is 12.5. The van der Waals surface area contributed by atoms with Gasteiger partial charge in [-0.15, -0.1) is 11.3 Å². The maximum atomic E-state index is 4.56. The third-order valence-electron chi connectivity index (χ3n) is 3.19. The Bertz CT molecular complexity index is 534. The molecule has 0 aromatic carbocycles. The number of aromatic nitrogens is 3. The van der Waals surface area contributed by atoms with Gasteiger partial charge in [-0.1, -0.05) is 6.42 Å². The van der Waals surface area contributed by atoms with Crippen molar-refractivity contribution in [3.05, 3.63) is 29.2 Å². The first-order valence-corrected chi connectivity index (χ1v) is 7.45. The average Bonchev–Trinajstić information content (AvgIpc) is 2.92. The van der Waals surface area contributed by atoms with Gasteiger partial charge in [-0.05, 0) is 26.3 Å². The molecule has 2 N–H and O–H groups in total. The third kappa shape index (κ3) is 3.08. The Kier molecular flexibility index (Phi) is 3.70. The summed E-state index contributed by atoms with van der Waals surface area (Å²) < 4.78 is 0. The van der Waals surface area contributed by atoms with Crippen LogP contribution in [0, 0.1) is 6.92 Å². The highest BCUT2D eigenvalue weighted by atomic mass is 32.1. The smallest absolute Gasteiger partial charge is 0.188 e. The van der Waals surface area contributed by atoms with E-state index in [4.69, 9.17) is 0 Å². The fourth-order valence-corrected chi connectivity index (χ4v) is 2.87. The van der Waals surface area contributed by atoms with Gasteiger partial charge in [-0.3, -0.25) is 0 Å². The van der Waals surface area contributed by atoms with Crippen LogP contribution in [0.2, 0.25) is 0 Å². The number of piperidine rings is 1. The number of hydrogen-bond acceptors (Lipinski definition) is 6. The number of thiazole rings is 1. The number of rotatable bonds is 3. The lowest BCUT2D eigenvalue weighted by atomic mass is 10.0. The molecule has 3 heterocycles. The lowest BCUT2D eigenvalue weighted by Crippen LogP contribution is -2.27. The second-order valence-electron chi connectivity index (χ2n) is 4.69. The van der Waals surface area contributed by atoms with Crippen molar-refractivity contribution in [1.29, 1.82) is 0 Å². The summed E-state index contributed by atoms with van der Waals surface area (Å²) in [5.41, 5.74) is 1.08. The second kappa shape index (κ2) is 5.63. The summed E-state index contributed by atoms with van der Waals surface area (Å²) in [6.45, 7) is 3.00. The maximum absolute atomic E-state index is 4.56. The van der Waals surface area contributed by atoms with E-state index in [-0.39, 0.29) is 0 Å².